The van der Waals surface area contributed by atoms with E-state index in [1.54, 1.807) is 11.3 Å². The molecule has 0 spiro atoms. The van der Waals surface area contributed by atoms with E-state index in [2.05, 4.69) is 10.3 Å². The maximum atomic E-state index is 12.5. The molecule has 0 radical (unpaired) electrons. The number of aromatic nitrogens is 1. The van der Waals surface area contributed by atoms with Crippen LogP contribution in [-0.2, 0) is 4.79 Å². The van der Waals surface area contributed by atoms with Crippen LogP contribution in [0.4, 0.5) is 11.4 Å². The van der Waals surface area contributed by atoms with Crippen LogP contribution in [0.15, 0.2) is 52.9 Å². The zero-order chi connectivity index (χ0) is 17.8. The van der Waals surface area contributed by atoms with Crippen LogP contribution in [0.3, 0.4) is 0 Å². The number of anilines is 1. The van der Waals surface area contributed by atoms with Gasteiger partial charge in [0.2, 0.25) is 5.91 Å². The third kappa shape index (κ3) is 4.15. The Bertz CT molecular complexity index is 876. The maximum absolute atomic E-state index is 12.5. The first-order valence-electron chi connectivity index (χ1n) is 7.64. The largest absolute Gasteiger partial charge is 0.325 e. The first-order valence-corrected chi connectivity index (χ1v) is 9.34. The molecule has 1 heterocycles. The summed E-state index contributed by atoms with van der Waals surface area (Å²) in [7, 11) is 0. The average Bonchev–Trinajstić information content (AvgIpc) is 3.02. The van der Waals surface area contributed by atoms with Crippen LogP contribution in [0.1, 0.15) is 13.3 Å². The van der Waals surface area contributed by atoms with Crippen molar-refractivity contribution < 1.29 is 9.72 Å². The predicted molar refractivity (Wildman–Crippen MR) is 101 cm³/mol. The number of non-ortho nitro benzene ring substituents is 1. The number of rotatable bonds is 6. The Balaban J connectivity index is 1.69. The average molecular weight is 373 g/mol. The second-order valence-electron chi connectivity index (χ2n) is 5.26. The van der Waals surface area contributed by atoms with Gasteiger partial charge in [0.25, 0.3) is 5.69 Å². The van der Waals surface area contributed by atoms with Crippen molar-refractivity contribution in [2.75, 3.05) is 5.32 Å². The summed E-state index contributed by atoms with van der Waals surface area (Å²) < 4.78 is 1.95. The van der Waals surface area contributed by atoms with Gasteiger partial charge in [0.15, 0.2) is 4.34 Å². The molecule has 0 aliphatic rings. The topological polar surface area (TPSA) is 85.1 Å². The zero-order valence-electron chi connectivity index (χ0n) is 13.3. The van der Waals surface area contributed by atoms with Gasteiger partial charge in [0, 0.05) is 17.8 Å². The van der Waals surface area contributed by atoms with E-state index in [0.717, 1.165) is 14.6 Å². The highest BCUT2D eigenvalue weighted by Crippen LogP contribution is 2.33. The van der Waals surface area contributed by atoms with E-state index in [9.17, 15) is 14.9 Å². The van der Waals surface area contributed by atoms with Crippen molar-refractivity contribution in [2.45, 2.75) is 22.9 Å². The Morgan fingerprint density at radius 2 is 2.00 bits per heavy atom. The van der Waals surface area contributed by atoms with Crippen molar-refractivity contribution in [3.8, 4) is 0 Å². The van der Waals surface area contributed by atoms with E-state index in [1.807, 2.05) is 31.2 Å². The fraction of sp³-hybridized carbons (Fsp3) is 0.176. The van der Waals surface area contributed by atoms with Crippen LogP contribution in [0, 0.1) is 10.1 Å². The molecule has 0 saturated heterocycles. The van der Waals surface area contributed by atoms with E-state index < -0.39 is 4.92 Å². The number of thioether (sulfide) groups is 1. The molecule has 0 unspecified atom stereocenters. The van der Waals surface area contributed by atoms with Gasteiger partial charge in [-0.15, -0.1) is 11.3 Å². The molecule has 6 nitrogen and oxygen atoms in total. The monoisotopic (exact) mass is 373 g/mol. The van der Waals surface area contributed by atoms with Crippen LogP contribution >= 0.6 is 23.1 Å². The summed E-state index contributed by atoms with van der Waals surface area (Å²) in [6.07, 6.45) is 0.652. The van der Waals surface area contributed by atoms with Gasteiger partial charge in [-0.2, -0.15) is 0 Å². The number of fused-ring (bicyclic) bond motifs is 1. The van der Waals surface area contributed by atoms with Crippen molar-refractivity contribution in [2.24, 2.45) is 0 Å². The molecule has 1 N–H and O–H groups in total. The molecule has 0 aliphatic heterocycles. The van der Waals surface area contributed by atoms with Crippen LogP contribution < -0.4 is 5.32 Å². The fourth-order valence-electron chi connectivity index (χ4n) is 2.23. The summed E-state index contributed by atoms with van der Waals surface area (Å²) in [5, 5.41) is 13.2. The Morgan fingerprint density at radius 3 is 2.64 bits per heavy atom. The molecular weight excluding hydrogens is 358 g/mol. The molecule has 0 bridgehead atoms. The van der Waals surface area contributed by atoms with Gasteiger partial charge < -0.3 is 5.32 Å². The number of nitro groups is 1. The number of hydrogen-bond donors (Lipinski definition) is 1. The van der Waals surface area contributed by atoms with E-state index >= 15 is 0 Å². The van der Waals surface area contributed by atoms with Crippen LogP contribution in [0.5, 0.6) is 0 Å². The number of amides is 1. The normalized spacial score (nSPS) is 12.0. The summed E-state index contributed by atoms with van der Waals surface area (Å²) in [4.78, 5) is 27.2. The quantitative estimate of drug-likeness (QED) is 0.384. The van der Waals surface area contributed by atoms with Crippen molar-refractivity contribution >= 4 is 50.6 Å². The van der Waals surface area contributed by atoms with Crippen LogP contribution in [0.25, 0.3) is 10.2 Å². The molecule has 128 valence electrons. The first-order chi connectivity index (χ1) is 12.1. The molecule has 2 aromatic carbocycles. The third-order valence-corrected chi connectivity index (χ3v) is 6.02. The van der Waals surface area contributed by atoms with Gasteiger partial charge in [0.1, 0.15) is 0 Å². The summed E-state index contributed by atoms with van der Waals surface area (Å²) in [5.74, 6) is -0.138. The minimum Gasteiger partial charge on any atom is -0.325 e. The molecule has 1 amide bonds. The van der Waals surface area contributed by atoms with Crippen LogP contribution in [0.2, 0.25) is 0 Å². The number of para-hydroxylation sites is 1. The van der Waals surface area contributed by atoms with Gasteiger partial charge in [-0.3, -0.25) is 14.9 Å². The molecule has 0 saturated carbocycles. The Morgan fingerprint density at radius 1 is 1.28 bits per heavy atom. The van der Waals surface area contributed by atoms with E-state index in [4.69, 9.17) is 0 Å². The molecule has 1 aromatic heterocycles. The number of benzene rings is 2. The minimum absolute atomic E-state index is 0.00566. The molecular formula is C17H15N3O3S2. The summed E-state index contributed by atoms with van der Waals surface area (Å²) in [5.41, 5.74) is 1.47. The van der Waals surface area contributed by atoms with Crippen molar-refractivity contribution in [1.29, 1.82) is 0 Å². The van der Waals surface area contributed by atoms with Crippen molar-refractivity contribution in [1.82, 2.24) is 4.98 Å². The lowest BCUT2D eigenvalue weighted by Crippen LogP contribution is -2.24. The highest BCUT2D eigenvalue weighted by Gasteiger charge is 2.20. The fourth-order valence-corrected chi connectivity index (χ4v) is 4.47. The molecule has 1 atom stereocenters. The van der Waals surface area contributed by atoms with Crippen molar-refractivity contribution in [3.63, 3.8) is 0 Å². The SMILES string of the molecule is CC[C@H](Sc1nc2ccccc2s1)C(=O)Nc1ccc([N+](=O)[O-])cc1. The Kier molecular flexibility index (Phi) is 5.30. The molecule has 25 heavy (non-hydrogen) atoms. The van der Waals surface area contributed by atoms with Gasteiger partial charge in [0.05, 0.1) is 20.4 Å². The summed E-state index contributed by atoms with van der Waals surface area (Å²) in [6.45, 7) is 1.94. The smallest absolute Gasteiger partial charge is 0.269 e. The molecule has 8 heteroatoms. The second-order valence-corrected chi connectivity index (χ2v) is 7.74. The minimum atomic E-state index is -0.469. The molecule has 0 aliphatic carbocycles. The van der Waals surface area contributed by atoms with E-state index in [-0.39, 0.29) is 16.8 Å². The van der Waals surface area contributed by atoms with Crippen LogP contribution in [-0.4, -0.2) is 21.1 Å². The predicted octanol–water partition coefficient (Wildman–Crippen LogP) is 4.71. The van der Waals surface area contributed by atoms with Gasteiger partial charge >= 0.3 is 0 Å². The number of carbonyl (C=O) groups excluding carboxylic acids is 1. The summed E-state index contributed by atoms with van der Waals surface area (Å²) >= 11 is 3.00. The third-order valence-electron chi connectivity index (χ3n) is 3.53. The van der Waals surface area contributed by atoms with Gasteiger partial charge in [-0.25, -0.2) is 4.98 Å². The molecule has 0 fully saturated rings. The Hall–Kier alpha value is -2.45. The number of carbonyl (C=O) groups is 1. The summed E-state index contributed by atoms with van der Waals surface area (Å²) in [6, 6.07) is 13.7. The van der Waals surface area contributed by atoms with Crippen molar-refractivity contribution in [3.05, 3.63) is 58.6 Å². The number of nitro benzene ring substituents is 1. The number of thiazole rings is 1. The standard InChI is InChI=1S/C17H15N3O3S2/c1-2-14(24-17-19-13-5-3-4-6-15(13)25-17)16(21)18-11-7-9-12(10-8-11)20(22)23/h3-10,14H,2H2,1H3,(H,18,21)/t14-/m0/s1. The highest BCUT2D eigenvalue weighted by atomic mass is 32.2. The molecule has 3 rings (SSSR count). The zero-order valence-corrected chi connectivity index (χ0v) is 15.0. The lowest BCUT2D eigenvalue weighted by molar-refractivity contribution is -0.384. The highest BCUT2D eigenvalue weighted by molar-refractivity contribution is 8.02. The first kappa shape index (κ1) is 17.4. The van der Waals surface area contributed by atoms with E-state index in [0.29, 0.717) is 12.1 Å². The number of nitrogens with one attached hydrogen (secondary N) is 1. The van der Waals surface area contributed by atoms with E-state index in [1.165, 1.54) is 36.0 Å². The lowest BCUT2D eigenvalue weighted by Gasteiger charge is -2.13. The second kappa shape index (κ2) is 7.62. The number of hydrogen-bond acceptors (Lipinski definition) is 6. The van der Waals surface area contributed by atoms with Gasteiger partial charge in [-0.05, 0) is 30.7 Å². The maximum Gasteiger partial charge on any atom is 0.269 e. The lowest BCUT2D eigenvalue weighted by atomic mass is 10.2. The number of nitrogens with zero attached hydrogens (tertiary/aromatic N) is 2. The molecule has 3 aromatic rings. The Labute approximate surface area is 152 Å². The van der Waals surface area contributed by atoms with Gasteiger partial charge in [-0.1, -0.05) is 30.8 Å².